The molecule has 0 saturated heterocycles. The molecule has 0 aliphatic heterocycles. The van der Waals surface area contributed by atoms with Gasteiger partial charge in [-0.2, -0.15) is 0 Å². The number of nitrogens with one attached hydrogen (secondary N) is 3. The summed E-state index contributed by atoms with van der Waals surface area (Å²) in [5.74, 6) is 0. The van der Waals surface area contributed by atoms with Crippen LogP contribution in [0.3, 0.4) is 0 Å². The van der Waals surface area contributed by atoms with E-state index >= 15 is 0 Å². The van der Waals surface area contributed by atoms with Gasteiger partial charge in [0, 0.05) is 31.0 Å². The van der Waals surface area contributed by atoms with Crippen LogP contribution in [0.5, 0.6) is 0 Å². The molecule has 1 heterocycles. The highest BCUT2D eigenvalue weighted by atomic mass is 16.6. The number of carbonyl (C=O) groups is 1. The molecule has 19 heavy (non-hydrogen) atoms. The molecule has 0 bridgehead atoms. The van der Waals surface area contributed by atoms with Crippen molar-refractivity contribution in [3.05, 3.63) is 24.0 Å². The van der Waals surface area contributed by atoms with E-state index in [-0.39, 0.29) is 12.1 Å². The van der Waals surface area contributed by atoms with Crippen LogP contribution in [0, 0.1) is 0 Å². The fraction of sp³-hybridized carbons (Fsp3) is 0.643. The summed E-state index contributed by atoms with van der Waals surface area (Å²) in [5.41, 5.74) is 0.673. The number of amides is 1. The maximum absolute atomic E-state index is 11.7. The molecule has 1 unspecified atom stereocenters. The van der Waals surface area contributed by atoms with E-state index in [2.05, 4.69) is 15.6 Å². The highest BCUT2D eigenvalue weighted by Gasteiger charge is 2.18. The van der Waals surface area contributed by atoms with E-state index < -0.39 is 5.60 Å². The van der Waals surface area contributed by atoms with Crippen molar-refractivity contribution in [3.63, 3.8) is 0 Å². The van der Waals surface area contributed by atoms with Crippen LogP contribution in [0.1, 0.15) is 39.8 Å². The summed E-state index contributed by atoms with van der Waals surface area (Å²) in [7, 11) is 0. The molecule has 1 rings (SSSR count). The lowest BCUT2D eigenvalue weighted by Crippen LogP contribution is -2.43. The molecule has 1 atom stereocenters. The van der Waals surface area contributed by atoms with E-state index in [4.69, 9.17) is 4.74 Å². The molecule has 3 N–H and O–H groups in total. The van der Waals surface area contributed by atoms with Gasteiger partial charge < -0.3 is 20.4 Å². The second kappa shape index (κ2) is 7.19. The summed E-state index contributed by atoms with van der Waals surface area (Å²) in [5, 5.41) is 6.17. The lowest BCUT2D eigenvalue weighted by atomic mass is 10.2. The van der Waals surface area contributed by atoms with Gasteiger partial charge in [-0.25, -0.2) is 4.79 Å². The molecule has 0 saturated carbocycles. The molecule has 108 valence electrons. The normalized spacial score (nSPS) is 13.1. The van der Waals surface area contributed by atoms with Crippen molar-refractivity contribution < 1.29 is 9.53 Å². The number of H-pyrrole nitrogens is 1. The Morgan fingerprint density at radius 1 is 1.47 bits per heavy atom. The largest absolute Gasteiger partial charge is 0.444 e. The van der Waals surface area contributed by atoms with Crippen molar-refractivity contribution in [2.75, 3.05) is 6.54 Å². The Kier molecular flexibility index (Phi) is 5.89. The fourth-order valence-corrected chi connectivity index (χ4v) is 1.63. The molecule has 0 aliphatic rings. The van der Waals surface area contributed by atoms with E-state index in [0.717, 1.165) is 25.2 Å². The Bertz CT molecular complexity index is 369. The first-order valence-corrected chi connectivity index (χ1v) is 6.73. The lowest BCUT2D eigenvalue weighted by Gasteiger charge is -2.23. The van der Waals surface area contributed by atoms with E-state index in [0.29, 0.717) is 0 Å². The van der Waals surface area contributed by atoms with E-state index in [1.807, 2.05) is 46.0 Å². The van der Waals surface area contributed by atoms with Gasteiger partial charge in [0.15, 0.2) is 0 Å². The first-order valence-electron chi connectivity index (χ1n) is 6.73. The minimum absolute atomic E-state index is 0.0739. The Hall–Kier alpha value is -1.49. The molecule has 0 spiro atoms. The van der Waals surface area contributed by atoms with Crippen molar-refractivity contribution in [2.45, 2.75) is 52.3 Å². The average molecular weight is 267 g/mol. The van der Waals surface area contributed by atoms with Gasteiger partial charge in [-0.05, 0) is 39.3 Å². The number of hydrogen-bond acceptors (Lipinski definition) is 3. The van der Waals surface area contributed by atoms with Crippen LogP contribution >= 0.6 is 0 Å². The Morgan fingerprint density at radius 3 is 2.74 bits per heavy atom. The monoisotopic (exact) mass is 267 g/mol. The van der Waals surface area contributed by atoms with Crippen LogP contribution < -0.4 is 10.6 Å². The van der Waals surface area contributed by atoms with Gasteiger partial charge in [0.1, 0.15) is 5.60 Å². The third kappa shape index (κ3) is 6.86. The summed E-state index contributed by atoms with van der Waals surface area (Å²) in [6.45, 7) is 9.09. The highest BCUT2D eigenvalue weighted by molar-refractivity contribution is 5.68. The van der Waals surface area contributed by atoms with Gasteiger partial charge in [-0.15, -0.1) is 0 Å². The second-order valence-electron chi connectivity index (χ2n) is 5.58. The van der Waals surface area contributed by atoms with Crippen LogP contribution in [0.15, 0.2) is 18.3 Å². The Morgan fingerprint density at radius 2 is 2.21 bits per heavy atom. The molecular formula is C14H25N3O2. The topological polar surface area (TPSA) is 66.2 Å². The number of carbonyl (C=O) groups excluding carboxylic acids is 1. The fourth-order valence-electron chi connectivity index (χ4n) is 1.63. The number of aromatic nitrogens is 1. The quantitative estimate of drug-likeness (QED) is 0.741. The standard InChI is InChI=1S/C14H25N3O2/c1-5-11(17-13(18)19-14(2,3)4)9-15-10-12-7-6-8-16-12/h6-8,11,15-16H,5,9-10H2,1-4H3,(H,17,18). The summed E-state index contributed by atoms with van der Waals surface area (Å²) in [4.78, 5) is 14.8. The smallest absolute Gasteiger partial charge is 0.407 e. The van der Waals surface area contributed by atoms with Crippen molar-refractivity contribution in [2.24, 2.45) is 0 Å². The van der Waals surface area contributed by atoms with Crippen LogP contribution in [-0.4, -0.2) is 29.3 Å². The molecule has 0 radical (unpaired) electrons. The molecule has 0 aliphatic carbocycles. The van der Waals surface area contributed by atoms with Crippen LogP contribution in [-0.2, 0) is 11.3 Å². The first kappa shape index (κ1) is 15.6. The molecular weight excluding hydrogens is 242 g/mol. The molecule has 5 nitrogen and oxygen atoms in total. The molecule has 1 amide bonds. The van der Waals surface area contributed by atoms with Crippen LogP contribution in [0.2, 0.25) is 0 Å². The SMILES string of the molecule is CCC(CNCc1ccc[nH]1)NC(=O)OC(C)(C)C. The predicted molar refractivity (Wildman–Crippen MR) is 75.9 cm³/mol. The molecule has 0 fully saturated rings. The minimum atomic E-state index is -0.458. The van der Waals surface area contributed by atoms with Crippen LogP contribution in [0.4, 0.5) is 4.79 Å². The summed E-state index contributed by atoms with van der Waals surface area (Å²) < 4.78 is 5.24. The third-order valence-electron chi connectivity index (χ3n) is 2.58. The predicted octanol–water partition coefficient (Wildman–Crippen LogP) is 2.41. The van der Waals surface area contributed by atoms with Gasteiger partial charge in [0.2, 0.25) is 0 Å². The number of alkyl carbamates (subject to hydrolysis) is 1. The molecule has 1 aromatic heterocycles. The molecule has 1 aromatic rings. The van der Waals surface area contributed by atoms with E-state index in [9.17, 15) is 4.79 Å². The zero-order chi connectivity index (χ0) is 14.3. The lowest BCUT2D eigenvalue weighted by molar-refractivity contribution is 0.0502. The van der Waals surface area contributed by atoms with E-state index in [1.165, 1.54) is 0 Å². The number of aromatic amines is 1. The summed E-state index contributed by atoms with van der Waals surface area (Å²) >= 11 is 0. The van der Waals surface area contributed by atoms with Crippen molar-refractivity contribution in [3.8, 4) is 0 Å². The Labute approximate surface area is 115 Å². The minimum Gasteiger partial charge on any atom is -0.444 e. The average Bonchev–Trinajstić information content (AvgIpc) is 2.78. The van der Waals surface area contributed by atoms with Gasteiger partial charge in [-0.1, -0.05) is 6.92 Å². The molecule has 5 heteroatoms. The summed E-state index contributed by atoms with van der Waals surface area (Å²) in [6.07, 6.45) is 2.39. The maximum atomic E-state index is 11.7. The zero-order valence-corrected chi connectivity index (χ0v) is 12.2. The van der Waals surface area contributed by atoms with Gasteiger partial charge in [0.05, 0.1) is 0 Å². The third-order valence-corrected chi connectivity index (χ3v) is 2.58. The Balaban J connectivity index is 2.27. The van der Waals surface area contributed by atoms with Gasteiger partial charge in [-0.3, -0.25) is 0 Å². The number of ether oxygens (including phenoxy) is 1. The van der Waals surface area contributed by atoms with E-state index in [1.54, 1.807) is 0 Å². The van der Waals surface area contributed by atoms with Gasteiger partial charge >= 0.3 is 6.09 Å². The summed E-state index contributed by atoms with van der Waals surface area (Å²) in [6, 6.07) is 4.06. The van der Waals surface area contributed by atoms with Crippen molar-refractivity contribution >= 4 is 6.09 Å². The first-order chi connectivity index (χ1) is 8.90. The second-order valence-corrected chi connectivity index (χ2v) is 5.58. The molecule has 0 aromatic carbocycles. The van der Waals surface area contributed by atoms with Crippen molar-refractivity contribution in [1.82, 2.24) is 15.6 Å². The number of hydrogen-bond donors (Lipinski definition) is 3. The van der Waals surface area contributed by atoms with Crippen molar-refractivity contribution in [1.29, 1.82) is 0 Å². The van der Waals surface area contributed by atoms with Gasteiger partial charge in [0.25, 0.3) is 0 Å². The maximum Gasteiger partial charge on any atom is 0.407 e. The number of rotatable bonds is 6. The zero-order valence-electron chi connectivity index (χ0n) is 12.2. The highest BCUT2D eigenvalue weighted by Crippen LogP contribution is 2.07. The van der Waals surface area contributed by atoms with Crippen LogP contribution in [0.25, 0.3) is 0 Å².